The van der Waals surface area contributed by atoms with Gasteiger partial charge in [-0.2, -0.15) is 10.5 Å². The lowest BCUT2D eigenvalue weighted by atomic mass is 9.75. The lowest BCUT2D eigenvalue weighted by Crippen LogP contribution is -2.14. The van der Waals surface area contributed by atoms with Crippen LogP contribution in [0, 0.1) is 28.6 Å². The minimum Gasteiger partial charge on any atom is -0.494 e. The van der Waals surface area contributed by atoms with Gasteiger partial charge < -0.3 is 4.74 Å². The summed E-state index contributed by atoms with van der Waals surface area (Å²) in [5.41, 5.74) is 3.93. The Morgan fingerprint density at radius 3 is 2.16 bits per heavy atom. The molecule has 3 heteroatoms. The van der Waals surface area contributed by atoms with Crippen molar-refractivity contribution in [1.82, 2.24) is 0 Å². The van der Waals surface area contributed by atoms with Gasteiger partial charge in [0, 0.05) is 5.56 Å². The molecule has 0 heterocycles. The van der Waals surface area contributed by atoms with Crippen LogP contribution in [0.2, 0.25) is 0 Å². The first-order valence-corrected chi connectivity index (χ1v) is 12.4. The molecule has 0 unspecified atom stereocenters. The van der Waals surface area contributed by atoms with Gasteiger partial charge in [0.2, 0.25) is 0 Å². The average Bonchev–Trinajstić information content (AvgIpc) is 2.84. The number of nitrogens with zero attached hydrogens (tertiary/aromatic N) is 2. The van der Waals surface area contributed by atoms with Gasteiger partial charge in [-0.3, -0.25) is 0 Å². The van der Waals surface area contributed by atoms with Crippen molar-refractivity contribution in [1.29, 1.82) is 10.5 Å². The zero-order valence-corrected chi connectivity index (χ0v) is 19.7. The summed E-state index contributed by atoms with van der Waals surface area (Å²) in [7, 11) is 0. The number of benzene rings is 2. The molecule has 3 rings (SSSR count). The van der Waals surface area contributed by atoms with E-state index < -0.39 is 0 Å². The normalized spacial score (nSPS) is 18.0. The van der Waals surface area contributed by atoms with Crippen LogP contribution in [0.4, 0.5) is 0 Å². The van der Waals surface area contributed by atoms with Gasteiger partial charge in [0.15, 0.2) is 0 Å². The zero-order valence-electron chi connectivity index (χ0n) is 19.7. The monoisotopic (exact) mass is 428 g/mol. The molecule has 0 N–H and O–H groups in total. The zero-order chi connectivity index (χ0) is 22.8. The highest BCUT2D eigenvalue weighted by molar-refractivity contribution is 5.75. The molecule has 2 aromatic rings. The van der Waals surface area contributed by atoms with E-state index in [9.17, 15) is 10.5 Å². The third kappa shape index (κ3) is 5.92. The van der Waals surface area contributed by atoms with Crippen LogP contribution in [0.3, 0.4) is 0 Å². The summed E-state index contributed by atoms with van der Waals surface area (Å²) < 4.78 is 5.85. The van der Waals surface area contributed by atoms with E-state index in [-0.39, 0.29) is 0 Å². The third-order valence-corrected chi connectivity index (χ3v) is 6.88. The second-order valence-electron chi connectivity index (χ2n) is 9.12. The third-order valence-electron chi connectivity index (χ3n) is 6.88. The Labute approximate surface area is 194 Å². The maximum Gasteiger partial charge on any atom is 0.119 e. The van der Waals surface area contributed by atoms with Gasteiger partial charge in [-0.1, -0.05) is 70.2 Å². The van der Waals surface area contributed by atoms with Crippen LogP contribution in [0.5, 0.6) is 5.75 Å². The molecule has 0 bridgehead atoms. The summed E-state index contributed by atoms with van der Waals surface area (Å²) in [6.45, 7) is 5.19. The van der Waals surface area contributed by atoms with E-state index in [1.807, 2.05) is 30.3 Å². The Kier molecular flexibility index (Phi) is 9.18. The molecule has 0 amide bonds. The first kappa shape index (κ1) is 23.9. The minimum atomic E-state index is 0.391. The smallest absolute Gasteiger partial charge is 0.119 e. The van der Waals surface area contributed by atoms with Crippen LogP contribution in [-0.2, 0) is 0 Å². The molecule has 0 aliphatic heterocycles. The number of hydrogen-bond acceptors (Lipinski definition) is 3. The summed E-state index contributed by atoms with van der Waals surface area (Å²) in [5.74, 6) is 2.07. The number of unbranched alkanes of at least 4 members (excludes halogenated alkanes) is 3. The molecule has 1 saturated carbocycles. The Bertz CT molecular complexity index is 941. The van der Waals surface area contributed by atoms with Gasteiger partial charge >= 0.3 is 0 Å². The second-order valence-corrected chi connectivity index (χ2v) is 9.12. The molecule has 0 radical (unpaired) electrons. The van der Waals surface area contributed by atoms with Gasteiger partial charge in [-0.25, -0.2) is 0 Å². The highest BCUT2D eigenvalue weighted by atomic mass is 16.5. The molecule has 2 aromatic carbocycles. The molecule has 1 aliphatic carbocycles. The number of hydrogen-bond donors (Lipinski definition) is 0. The largest absolute Gasteiger partial charge is 0.494 e. The van der Waals surface area contributed by atoms with Crippen LogP contribution in [0.1, 0.15) is 101 Å². The first-order valence-electron chi connectivity index (χ1n) is 12.4. The van der Waals surface area contributed by atoms with Crippen molar-refractivity contribution in [2.45, 2.75) is 84.0 Å². The quantitative estimate of drug-likeness (QED) is 0.359. The topological polar surface area (TPSA) is 56.8 Å². The molecule has 0 aromatic heterocycles. The summed E-state index contributed by atoms with van der Waals surface area (Å²) in [6.07, 6.45) is 12.0. The van der Waals surface area contributed by atoms with E-state index >= 15 is 0 Å². The summed E-state index contributed by atoms with van der Waals surface area (Å²) in [5, 5.41) is 19.9. The van der Waals surface area contributed by atoms with E-state index in [2.05, 4.69) is 32.1 Å². The van der Waals surface area contributed by atoms with E-state index in [0.717, 1.165) is 54.2 Å². The molecule has 1 fully saturated rings. The Balaban J connectivity index is 1.75. The maximum atomic E-state index is 9.95. The lowest BCUT2D eigenvalue weighted by molar-refractivity contribution is 0.305. The van der Waals surface area contributed by atoms with Crippen molar-refractivity contribution < 1.29 is 4.74 Å². The standard InChI is InChI=1S/C29H36N2O/c1-3-5-6-7-19-32-25-15-13-24(14-16-25)27-18-17-26(28(20-30)29(27)21-31)23-11-9-22(8-4-2)10-12-23/h13-18,22-23H,3-12,19H2,1-2H3. The molecular formula is C29H36N2O. The predicted molar refractivity (Wildman–Crippen MR) is 131 cm³/mol. The van der Waals surface area contributed by atoms with Crippen molar-refractivity contribution in [3.8, 4) is 29.0 Å². The molecule has 0 atom stereocenters. The van der Waals surface area contributed by atoms with Crippen molar-refractivity contribution in [2.24, 2.45) is 5.92 Å². The van der Waals surface area contributed by atoms with Crippen LogP contribution < -0.4 is 4.74 Å². The molecule has 1 aliphatic rings. The molecule has 168 valence electrons. The van der Waals surface area contributed by atoms with Crippen molar-refractivity contribution in [3.05, 3.63) is 53.1 Å². The summed E-state index contributed by atoms with van der Waals surface area (Å²) >= 11 is 0. The number of nitriles is 2. The number of rotatable bonds is 10. The number of ether oxygens (including phenoxy) is 1. The van der Waals surface area contributed by atoms with Crippen LogP contribution >= 0.6 is 0 Å². The maximum absolute atomic E-state index is 9.95. The predicted octanol–water partition coefficient (Wildman–Crippen LogP) is 8.13. The molecule has 32 heavy (non-hydrogen) atoms. The van der Waals surface area contributed by atoms with E-state index in [4.69, 9.17) is 4.74 Å². The summed E-state index contributed by atoms with van der Waals surface area (Å²) in [6, 6.07) is 16.8. The fourth-order valence-electron chi connectivity index (χ4n) is 5.06. The molecule has 3 nitrogen and oxygen atoms in total. The van der Waals surface area contributed by atoms with Gasteiger partial charge in [0.25, 0.3) is 0 Å². The van der Waals surface area contributed by atoms with Gasteiger partial charge in [-0.15, -0.1) is 0 Å². The van der Waals surface area contributed by atoms with Crippen molar-refractivity contribution in [3.63, 3.8) is 0 Å². The van der Waals surface area contributed by atoms with Gasteiger partial charge in [0.05, 0.1) is 17.7 Å². The Hall–Kier alpha value is -2.78. The van der Waals surface area contributed by atoms with Crippen LogP contribution in [0.15, 0.2) is 36.4 Å². The summed E-state index contributed by atoms with van der Waals surface area (Å²) in [4.78, 5) is 0. The minimum absolute atomic E-state index is 0.391. The first-order chi connectivity index (χ1) is 15.7. The molecule has 0 saturated heterocycles. The highest BCUT2D eigenvalue weighted by Gasteiger charge is 2.26. The lowest BCUT2D eigenvalue weighted by Gasteiger charge is -2.29. The van der Waals surface area contributed by atoms with Crippen LogP contribution in [-0.4, -0.2) is 6.61 Å². The highest BCUT2D eigenvalue weighted by Crippen LogP contribution is 2.40. The Morgan fingerprint density at radius 2 is 1.53 bits per heavy atom. The SMILES string of the molecule is CCCCCCOc1ccc(-c2ccc(C3CCC(CCC)CC3)c(C#N)c2C#N)cc1. The van der Waals surface area contributed by atoms with Crippen molar-refractivity contribution in [2.75, 3.05) is 6.61 Å². The molecule has 0 spiro atoms. The fourth-order valence-corrected chi connectivity index (χ4v) is 5.06. The average molecular weight is 429 g/mol. The van der Waals surface area contributed by atoms with Gasteiger partial charge in [-0.05, 0) is 67.2 Å². The van der Waals surface area contributed by atoms with E-state index in [1.54, 1.807) is 0 Å². The van der Waals surface area contributed by atoms with E-state index in [1.165, 1.54) is 44.9 Å². The van der Waals surface area contributed by atoms with Crippen LogP contribution in [0.25, 0.3) is 11.1 Å². The fraction of sp³-hybridized carbons (Fsp3) is 0.517. The second kappa shape index (κ2) is 12.3. The Morgan fingerprint density at radius 1 is 0.812 bits per heavy atom. The van der Waals surface area contributed by atoms with E-state index in [0.29, 0.717) is 17.0 Å². The van der Waals surface area contributed by atoms with Crippen molar-refractivity contribution >= 4 is 0 Å². The van der Waals surface area contributed by atoms with Gasteiger partial charge in [0.1, 0.15) is 17.9 Å². The molecular weight excluding hydrogens is 392 g/mol.